The molecule has 0 amide bonds. The van der Waals surface area contributed by atoms with Gasteiger partial charge in [-0.25, -0.2) is 4.98 Å². The van der Waals surface area contributed by atoms with Crippen LogP contribution in [0.5, 0.6) is 0 Å². The molecule has 0 unspecified atom stereocenters. The molecule has 1 aromatic rings. The first kappa shape index (κ1) is 8.46. The number of nitrogens with zero attached hydrogens (tertiary/aromatic N) is 1. The van der Waals surface area contributed by atoms with Crippen molar-refractivity contribution in [2.75, 3.05) is 0 Å². The van der Waals surface area contributed by atoms with Gasteiger partial charge in [-0.2, -0.15) is 0 Å². The van der Waals surface area contributed by atoms with Crippen LogP contribution in [0.4, 0.5) is 0 Å². The fourth-order valence-corrected chi connectivity index (χ4v) is 1.61. The predicted octanol–water partition coefficient (Wildman–Crippen LogP) is 3.07. The number of hydrogen-bond donors (Lipinski definition) is 0. The van der Waals surface area contributed by atoms with Gasteiger partial charge in [-0.3, -0.25) is 0 Å². The van der Waals surface area contributed by atoms with Gasteiger partial charge in [-0.15, -0.1) is 0 Å². The topological polar surface area (TPSA) is 12.9 Å². The molecular formula is C7H7BrIN. The maximum absolute atomic E-state index is 4.28. The van der Waals surface area contributed by atoms with Gasteiger partial charge >= 0.3 is 0 Å². The molecule has 1 heterocycles. The molecule has 1 aromatic heterocycles. The first-order chi connectivity index (χ1) is 4.61. The van der Waals surface area contributed by atoms with Crippen LogP contribution in [0, 0.1) is 17.4 Å². The lowest BCUT2D eigenvalue weighted by Gasteiger charge is -2.00. The molecule has 54 valence electrons. The molecule has 10 heavy (non-hydrogen) atoms. The van der Waals surface area contributed by atoms with Gasteiger partial charge in [-0.05, 0) is 64.0 Å². The molecule has 0 saturated heterocycles. The summed E-state index contributed by atoms with van der Waals surface area (Å²) in [5.41, 5.74) is 2.33. The van der Waals surface area contributed by atoms with Crippen LogP contribution < -0.4 is 0 Å². The minimum atomic E-state index is 0.941. The summed E-state index contributed by atoms with van der Waals surface area (Å²) in [4.78, 5) is 4.28. The maximum atomic E-state index is 4.28. The van der Waals surface area contributed by atoms with Gasteiger partial charge in [0.05, 0.1) is 0 Å². The molecule has 0 fully saturated rings. The summed E-state index contributed by atoms with van der Waals surface area (Å²) in [6, 6.07) is 2.12. The third-order valence-electron chi connectivity index (χ3n) is 1.38. The molecule has 0 aliphatic rings. The quantitative estimate of drug-likeness (QED) is 0.530. The average molecular weight is 312 g/mol. The Morgan fingerprint density at radius 2 is 2.10 bits per heavy atom. The summed E-state index contributed by atoms with van der Waals surface area (Å²) < 4.78 is 2.11. The van der Waals surface area contributed by atoms with Crippen molar-refractivity contribution in [3.05, 3.63) is 25.5 Å². The van der Waals surface area contributed by atoms with Crippen LogP contribution in [-0.4, -0.2) is 4.98 Å². The average Bonchev–Trinajstić information content (AvgIpc) is 1.84. The number of rotatable bonds is 0. The van der Waals surface area contributed by atoms with Gasteiger partial charge in [0.1, 0.15) is 4.60 Å². The Kier molecular flexibility index (Phi) is 2.68. The van der Waals surface area contributed by atoms with E-state index in [9.17, 15) is 0 Å². The lowest BCUT2D eigenvalue weighted by atomic mass is 10.2. The van der Waals surface area contributed by atoms with Crippen molar-refractivity contribution < 1.29 is 0 Å². The number of aryl methyl sites for hydroxylation is 2. The molecule has 0 aliphatic carbocycles. The van der Waals surface area contributed by atoms with Gasteiger partial charge in [-0.1, -0.05) is 0 Å². The Morgan fingerprint density at radius 3 is 2.60 bits per heavy atom. The van der Waals surface area contributed by atoms with Crippen LogP contribution in [0.1, 0.15) is 11.3 Å². The van der Waals surface area contributed by atoms with Crippen LogP contribution in [0.15, 0.2) is 10.7 Å². The molecule has 0 aromatic carbocycles. The van der Waals surface area contributed by atoms with Crippen molar-refractivity contribution in [1.82, 2.24) is 4.98 Å². The summed E-state index contributed by atoms with van der Waals surface area (Å²) in [6.07, 6.45) is 0. The first-order valence-corrected chi connectivity index (χ1v) is 4.77. The highest BCUT2D eigenvalue weighted by Gasteiger charge is 1.99. The van der Waals surface area contributed by atoms with E-state index in [-0.39, 0.29) is 0 Å². The predicted molar refractivity (Wildman–Crippen MR) is 54.1 cm³/mol. The minimum Gasteiger partial charge on any atom is -0.245 e. The monoisotopic (exact) mass is 311 g/mol. The number of aromatic nitrogens is 1. The molecule has 0 N–H and O–H groups in total. The molecule has 0 spiro atoms. The second-order valence-corrected chi connectivity index (χ2v) is 4.08. The highest BCUT2D eigenvalue weighted by atomic mass is 127. The van der Waals surface area contributed by atoms with Gasteiger partial charge in [0, 0.05) is 9.26 Å². The number of pyridine rings is 1. The fourth-order valence-electron chi connectivity index (χ4n) is 0.643. The molecule has 0 aliphatic heterocycles. The third kappa shape index (κ3) is 1.69. The SMILES string of the molecule is Cc1cc(I)c(Br)nc1C. The largest absolute Gasteiger partial charge is 0.245 e. The smallest absolute Gasteiger partial charge is 0.119 e. The molecule has 0 radical (unpaired) electrons. The molecular weight excluding hydrogens is 305 g/mol. The van der Waals surface area contributed by atoms with E-state index in [2.05, 4.69) is 56.5 Å². The molecule has 1 nitrogen and oxygen atoms in total. The molecule has 0 atom stereocenters. The Balaban J connectivity index is 3.28. The number of hydrogen-bond acceptors (Lipinski definition) is 1. The van der Waals surface area contributed by atoms with E-state index in [0.717, 1.165) is 10.3 Å². The third-order valence-corrected chi connectivity index (χ3v) is 3.54. The van der Waals surface area contributed by atoms with E-state index >= 15 is 0 Å². The maximum Gasteiger partial charge on any atom is 0.119 e. The highest BCUT2D eigenvalue weighted by Crippen LogP contribution is 2.18. The summed E-state index contributed by atoms with van der Waals surface area (Å²) in [6.45, 7) is 4.08. The zero-order valence-electron chi connectivity index (χ0n) is 5.78. The Morgan fingerprint density at radius 1 is 1.50 bits per heavy atom. The Bertz CT molecular complexity index is 210. The highest BCUT2D eigenvalue weighted by molar-refractivity contribution is 14.1. The Labute approximate surface area is 82.5 Å². The van der Waals surface area contributed by atoms with Crippen LogP contribution in [0.2, 0.25) is 0 Å². The van der Waals surface area contributed by atoms with Crippen LogP contribution in [-0.2, 0) is 0 Å². The van der Waals surface area contributed by atoms with E-state index < -0.39 is 0 Å². The minimum absolute atomic E-state index is 0.941. The van der Waals surface area contributed by atoms with E-state index in [1.54, 1.807) is 0 Å². The zero-order valence-corrected chi connectivity index (χ0v) is 9.52. The summed E-state index contributed by atoms with van der Waals surface area (Å²) in [5, 5.41) is 0. The van der Waals surface area contributed by atoms with Gasteiger partial charge < -0.3 is 0 Å². The van der Waals surface area contributed by atoms with E-state index in [1.165, 1.54) is 9.13 Å². The summed E-state index contributed by atoms with van der Waals surface area (Å²) in [7, 11) is 0. The molecule has 0 bridgehead atoms. The van der Waals surface area contributed by atoms with Crippen molar-refractivity contribution in [2.24, 2.45) is 0 Å². The van der Waals surface area contributed by atoms with Crippen molar-refractivity contribution in [3.63, 3.8) is 0 Å². The second-order valence-electron chi connectivity index (χ2n) is 2.16. The van der Waals surface area contributed by atoms with Crippen LogP contribution in [0.25, 0.3) is 0 Å². The van der Waals surface area contributed by atoms with Crippen molar-refractivity contribution in [1.29, 1.82) is 0 Å². The molecule has 1 rings (SSSR count). The van der Waals surface area contributed by atoms with E-state index in [1.807, 2.05) is 6.92 Å². The van der Waals surface area contributed by atoms with Crippen molar-refractivity contribution in [2.45, 2.75) is 13.8 Å². The summed E-state index contributed by atoms with van der Waals surface area (Å²) in [5.74, 6) is 0. The fraction of sp³-hybridized carbons (Fsp3) is 0.286. The summed E-state index contributed by atoms with van der Waals surface area (Å²) >= 11 is 5.62. The van der Waals surface area contributed by atoms with E-state index in [4.69, 9.17) is 0 Å². The lowest BCUT2D eigenvalue weighted by molar-refractivity contribution is 1.11. The zero-order chi connectivity index (χ0) is 7.72. The van der Waals surface area contributed by atoms with Gasteiger partial charge in [0.2, 0.25) is 0 Å². The number of halogens is 2. The standard InChI is InChI=1S/C7H7BrIN/c1-4-3-6(9)7(8)10-5(4)2/h3H,1-2H3. The second kappa shape index (κ2) is 3.17. The molecule has 3 heteroatoms. The van der Waals surface area contributed by atoms with Crippen molar-refractivity contribution >= 4 is 38.5 Å². The van der Waals surface area contributed by atoms with Crippen molar-refractivity contribution in [3.8, 4) is 0 Å². The van der Waals surface area contributed by atoms with E-state index in [0.29, 0.717) is 0 Å². The van der Waals surface area contributed by atoms with Crippen LogP contribution in [0.3, 0.4) is 0 Å². The van der Waals surface area contributed by atoms with Crippen LogP contribution >= 0.6 is 38.5 Å². The molecule has 0 saturated carbocycles. The van der Waals surface area contributed by atoms with Gasteiger partial charge in [0.15, 0.2) is 0 Å². The lowest BCUT2D eigenvalue weighted by Crippen LogP contribution is -1.89. The van der Waals surface area contributed by atoms with Gasteiger partial charge in [0.25, 0.3) is 0 Å². The normalized spacial score (nSPS) is 10.0. The first-order valence-electron chi connectivity index (χ1n) is 2.90. The Hall–Kier alpha value is 0.360.